The molecule has 1 aromatic heterocycles. The predicted molar refractivity (Wildman–Crippen MR) is 79.8 cm³/mol. The fraction of sp³-hybridized carbons (Fsp3) is 0.0625. The van der Waals surface area contributed by atoms with Crippen LogP contribution in [0.2, 0.25) is 5.02 Å². The quantitative estimate of drug-likeness (QED) is 0.707. The number of halogens is 1. The molecule has 0 radical (unpaired) electrons. The Morgan fingerprint density at radius 1 is 1.00 bits per heavy atom. The van der Waals surface area contributed by atoms with E-state index >= 15 is 0 Å². The second-order valence-electron chi connectivity index (χ2n) is 4.61. The third kappa shape index (κ3) is 2.27. The van der Waals surface area contributed by atoms with Crippen molar-refractivity contribution >= 4 is 22.5 Å². The largest absolute Gasteiger partial charge is 0.321 e. The third-order valence-electron chi connectivity index (χ3n) is 3.17. The summed E-state index contributed by atoms with van der Waals surface area (Å²) in [5.41, 5.74) is 3.46. The van der Waals surface area contributed by atoms with E-state index in [9.17, 15) is 4.79 Å². The number of aryl methyl sites for hydroxylation is 1. The molecule has 0 aliphatic rings. The average Bonchev–Trinajstić information content (AvgIpc) is 2.40. The van der Waals surface area contributed by atoms with Gasteiger partial charge in [-0.05, 0) is 36.8 Å². The highest BCUT2D eigenvalue weighted by atomic mass is 35.5. The molecule has 0 aliphatic heterocycles. The van der Waals surface area contributed by atoms with Crippen molar-refractivity contribution in [1.82, 2.24) is 4.98 Å². The molecule has 0 spiro atoms. The molecule has 0 amide bonds. The molecule has 19 heavy (non-hydrogen) atoms. The van der Waals surface area contributed by atoms with Gasteiger partial charge in [0.15, 0.2) is 0 Å². The molecule has 0 bridgehead atoms. The normalized spacial score (nSPS) is 10.8. The van der Waals surface area contributed by atoms with Crippen LogP contribution >= 0.6 is 11.6 Å². The smallest absolute Gasteiger partial charge is 0.256 e. The Kier molecular flexibility index (Phi) is 2.88. The molecule has 0 atom stereocenters. The number of fused-ring (bicyclic) bond motifs is 1. The number of aromatic nitrogens is 1. The summed E-state index contributed by atoms with van der Waals surface area (Å²) >= 11 is 5.99. The SMILES string of the molecule is Cc1ccc(-c2cc3cc(Cl)ccc3[nH]c2=O)cc1. The molecule has 0 fully saturated rings. The van der Waals surface area contributed by atoms with E-state index < -0.39 is 0 Å². The number of pyridine rings is 1. The molecule has 0 saturated heterocycles. The maximum atomic E-state index is 12.1. The highest BCUT2D eigenvalue weighted by Crippen LogP contribution is 2.22. The van der Waals surface area contributed by atoms with E-state index in [2.05, 4.69) is 4.98 Å². The van der Waals surface area contributed by atoms with Gasteiger partial charge >= 0.3 is 0 Å². The standard InChI is InChI=1S/C16H12ClNO/c1-10-2-4-11(5-3-10)14-9-12-8-13(17)6-7-15(12)18-16(14)19/h2-9H,1H3,(H,18,19). The summed E-state index contributed by atoms with van der Waals surface area (Å²) in [7, 11) is 0. The molecule has 3 aromatic rings. The predicted octanol–water partition coefficient (Wildman–Crippen LogP) is 4.16. The molecule has 0 aliphatic carbocycles. The highest BCUT2D eigenvalue weighted by molar-refractivity contribution is 6.31. The zero-order valence-electron chi connectivity index (χ0n) is 10.4. The monoisotopic (exact) mass is 269 g/mol. The van der Waals surface area contributed by atoms with E-state index in [0.717, 1.165) is 16.5 Å². The van der Waals surface area contributed by atoms with Crippen LogP contribution < -0.4 is 5.56 Å². The second kappa shape index (κ2) is 4.56. The van der Waals surface area contributed by atoms with Crippen LogP contribution in [-0.2, 0) is 0 Å². The zero-order valence-corrected chi connectivity index (χ0v) is 11.2. The summed E-state index contributed by atoms with van der Waals surface area (Å²) in [4.78, 5) is 15.0. The molecule has 94 valence electrons. The lowest BCUT2D eigenvalue weighted by Gasteiger charge is -2.04. The minimum atomic E-state index is -0.0846. The molecule has 0 saturated carbocycles. The fourth-order valence-electron chi connectivity index (χ4n) is 2.13. The Morgan fingerprint density at radius 3 is 2.47 bits per heavy atom. The average molecular weight is 270 g/mol. The van der Waals surface area contributed by atoms with Crippen LogP contribution in [0.4, 0.5) is 0 Å². The molecular formula is C16H12ClNO. The van der Waals surface area contributed by atoms with E-state index in [0.29, 0.717) is 10.6 Å². The lowest BCUT2D eigenvalue weighted by molar-refractivity contribution is 1.30. The first-order chi connectivity index (χ1) is 9.13. The topological polar surface area (TPSA) is 32.9 Å². The third-order valence-corrected chi connectivity index (χ3v) is 3.40. The number of nitrogens with one attached hydrogen (secondary N) is 1. The van der Waals surface area contributed by atoms with Crippen LogP contribution in [0.25, 0.3) is 22.0 Å². The highest BCUT2D eigenvalue weighted by Gasteiger charge is 2.05. The number of hydrogen-bond acceptors (Lipinski definition) is 1. The number of rotatable bonds is 1. The van der Waals surface area contributed by atoms with Gasteiger partial charge in [-0.2, -0.15) is 0 Å². The van der Waals surface area contributed by atoms with Crippen LogP contribution in [0.15, 0.2) is 53.3 Å². The molecule has 1 heterocycles. The zero-order chi connectivity index (χ0) is 13.4. The Hall–Kier alpha value is -2.06. The van der Waals surface area contributed by atoms with Gasteiger partial charge in [-0.3, -0.25) is 4.79 Å². The Balaban J connectivity index is 2.26. The summed E-state index contributed by atoms with van der Waals surface area (Å²) < 4.78 is 0. The van der Waals surface area contributed by atoms with Gasteiger partial charge < -0.3 is 4.98 Å². The number of benzene rings is 2. The van der Waals surface area contributed by atoms with Gasteiger partial charge in [0.05, 0.1) is 0 Å². The Morgan fingerprint density at radius 2 is 1.74 bits per heavy atom. The van der Waals surface area contributed by atoms with E-state index in [1.807, 2.05) is 49.4 Å². The Labute approximate surface area is 115 Å². The number of H-pyrrole nitrogens is 1. The van der Waals surface area contributed by atoms with E-state index in [1.54, 1.807) is 6.07 Å². The van der Waals surface area contributed by atoms with Crippen molar-refractivity contribution in [1.29, 1.82) is 0 Å². The van der Waals surface area contributed by atoms with Gasteiger partial charge in [0, 0.05) is 21.5 Å². The number of aromatic amines is 1. The van der Waals surface area contributed by atoms with Crippen molar-refractivity contribution in [3.05, 3.63) is 69.5 Å². The molecule has 2 nitrogen and oxygen atoms in total. The van der Waals surface area contributed by atoms with Crippen molar-refractivity contribution in [2.24, 2.45) is 0 Å². The van der Waals surface area contributed by atoms with Gasteiger partial charge in [-0.25, -0.2) is 0 Å². The first-order valence-corrected chi connectivity index (χ1v) is 6.41. The summed E-state index contributed by atoms with van der Waals surface area (Å²) in [5.74, 6) is 0. The number of hydrogen-bond donors (Lipinski definition) is 1. The van der Waals surface area contributed by atoms with Gasteiger partial charge in [-0.15, -0.1) is 0 Å². The van der Waals surface area contributed by atoms with Crippen molar-refractivity contribution < 1.29 is 0 Å². The van der Waals surface area contributed by atoms with Gasteiger partial charge in [-0.1, -0.05) is 41.4 Å². The van der Waals surface area contributed by atoms with E-state index in [-0.39, 0.29) is 5.56 Å². The van der Waals surface area contributed by atoms with Crippen LogP contribution in [0, 0.1) is 6.92 Å². The van der Waals surface area contributed by atoms with Crippen molar-refractivity contribution in [3.8, 4) is 11.1 Å². The minimum absolute atomic E-state index is 0.0846. The first kappa shape index (κ1) is 12.0. The van der Waals surface area contributed by atoms with Gasteiger partial charge in [0.25, 0.3) is 5.56 Å². The molecule has 3 rings (SSSR count). The van der Waals surface area contributed by atoms with Crippen molar-refractivity contribution in [2.75, 3.05) is 0 Å². The van der Waals surface area contributed by atoms with E-state index in [4.69, 9.17) is 11.6 Å². The summed E-state index contributed by atoms with van der Waals surface area (Å²) in [6.07, 6.45) is 0. The molecular weight excluding hydrogens is 258 g/mol. The fourth-order valence-corrected chi connectivity index (χ4v) is 2.31. The lowest BCUT2D eigenvalue weighted by atomic mass is 10.0. The lowest BCUT2D eigenvalue weighted by Crippen LogP contribution is -2.08. The molecule has 2 aromatic carbocycles. The van der Waals surface area contributed by atoms with Crippen molar-refractivity contribution in [3.63, 3.8) is 0 Å². The van der Waals surface area contributed by atoms with E-state index in [1.165, 1.54) is 5.56 Å². The summed E-state index contributed by atoms with van der Waals surface area (Å²) in [6, 6.07) is 15.2. The first-order valence-electron chi connectivity index (χ1n) is 6.03. The Bertz CT molecular complexity index is 803. The van der Waals surface area contributed by atoms with Crippen molar-refractivity contribution in [2.45, 2.75) is 6.92 Å². The molecule has 0 unspecified atom stereocenters. The van der Waals surface area contributed by atoms with Gasteiger partial charge in [0.1, 0.15) is 0 Å². The second-order valence-corrected chi connectivity index (χ2v) is 5.05. The summed E-state index contributed by atoms with van der Waals surface area (Å²) in [6.45, 7) is 2.02. The minimum Gasteiger partial charge on any atom is -0.321 e. The molecule has 1 N–H and O–H groups in total. The van der Waals surface area contributed by atoms with Gasteiger partial charge in [0.2, 0.25) is 0 Å². The molecule has 3 heteroatoms. The summed E-state index contributed by atoms with van der Waals surface area (Å²) in [5, 5.41) is 1.59. The maximum absolute atomic E-state index is 12.1. The maximum Gasteiger partial charge on any atom is 0.256 e. The van der Waals surface area contributed by atoms with Crippen LogP contribution in [0.1, 0.15) is 5.56 Å². The van der Waals surface area contributed by atoms with Crippen LogP contribution in [-0.4, -0.2) is 4.98 Å². The van der Waals surface area contributed by atoms with Crippen LogP contribution in [0.5, 0.6) is 0 Å². The van der Waals surface area contributed by atoms with Crippen LogP contribution in [0.3, 0.4) is 0 Å².